The van der Waals surface area contributed by atoms with Gasteiger partial charge in [0, 0.05) is 6.54 Å². The van der Waals surface area contributed by atoms with Gasteiger partial charge < -0.3 is 15.0 Å². The second-order valence-electron chi connectivity index (χ2n) is 6.78. The Balaban J connectivity index is 1.64. The minimum absolute atomic E-state index is 0.0472. The molecule has 0 aliphatic rings. The standard InChI is InChI=1S/C24H19F2N3O2/c25-24(26)31-18-12-10-16(11-13-18)14-19(22-28-20-8-4-5-9-21(20)29-22)23(30)27-15-17-6-2-1-3-7-17/h1-14,24H,15H2,(H,27,30)(H,28,29)/b19-14+. The smallest absolute Gasteiger partial charge is 0.387 e. The second-order valence-corrected chi connectivity index (χ2v) is 6.78. The van der Waals surface area contributed by atoms with Crippen molar-refractivity contribution in [3.63, 3.8) is 0 Å². The maximum absolute atomic E-state index is 13.0. The largest absolute Gasteiger partial charge is 0.435 e. The zero-order valence-corrected chi connectivity index (χ0v) is 16.4. The number of nitrogens with zero attached hydrogens (tertiary/aromatic N) is 1. The fourth-order valence-corrected chi connectivity index (χ4v) is 3.11. The molecule has 0 fully saturated rings. The van der Waals surface area contributed by atoms with Gasteiger partial charge in [-0.25, -0.2) is 4.98 Å². The second kappa shape index (κ2) is 9.21. The molecular formula is C24H19F2N3O2. The molecule has 3 aromatic carbocycles. The number of carbonyl (C=O) groups excluding carboxylic acids is 1. The number of ether oxygens (including phenoxy) is 1. The van der Waals surface area contributed by atoms with Gasteiger partial charge in [0.2, 0.25) is 0 Å². The highest BCUT2D eigenvalue weighted by Crippen LogP contribution is 2.22. The first kappa shape index (κ1) is 20.3. The first-order chi connectivity index (χ1) is 15.1. The van der Waals surface area contributed by atoms with Crippen LogP contribution in [0, 0.1) is 0 Å². The van der Waals surface area contributed by atoms with Gasteiger partial charge in [-0.1, -0.05) is 54.6 Å². The molecule has 0 spiro atoms. The van der Waals surface area contributed by atoms with Gasteiger partial charge in [-0.2, -0.15) is 8.78 Å². The van der Waals surface area contributed by atoms with Gasteiger partial charge in [0.25, 0.3) is 5.91 Å². The van der Waals surface area contributed by atoms with Crippen molar-refractivity contribution in [3.05, 3.63) is 95.8 Å². The van der Waals surface area contributed by atoms with Crippen LogP contribution in [-0.2, 0) is 11.3 Å². The maximum atomic E-state index is 13.0. The van der Waals surface area contributed by atoms with Crippen LogP contribution in [0.1, 0.15) is 17.0 Å². The Morgan fingerprint density at radius 3 is 2.42 bits per heavy atom. The molecule has 0 bridgehead atoms. The number of imidazole rings is 1. The van der Waals surface area contributed by atoms with Crippen LogP contribution in [0.2, 0.25) is 0 Å². The van der Waals surface area contributed by atoms with E-state index in [2.05, 4.69) is 20.0 Å². The van der Waals surface area contributed by atoms with E-state index < -0.39 is 6.61 Å². The third-order valence-corrected chi connectivity index (χ3v) is 4.60. The van der Waals surface area contributed by atoms with Crippen LogP contribution in [-0.4, -0.2) is 22.5 Å². The zero-order valence-electron chi connectivity index (χ0n) is 16.4. The van der Waals surface area contributed by atoms with E-state index in [1.165, 1.54) is 12.1 Å². The number of alkyl halides is 2. The van der Waals surface area contributed by atoms with E-state index in [1.807, 2.05) is 54.6 Å². The summed E-state index contributed by atoms with van der Waals surface area (Å²) in [6, 6.07) is 23.1. The Hall–Kier alpha value is -4.00. The van der Waals surface area contributed by atoms with Crippen LogP contribution in [0.5, 0.6) is 5.75 Å². The number of H-pyrrole nitrogens is 1. The number of carbonyl (C=O) groups is 1. The molecule has 31 heavy (non-hydrogen) atoms. The number of nitrogens with one attached hydrogen (secondary N) is 2. The number of benzene rings is 3. The molecule has 0 aliphatic carbocycles. The van der Waals surface area contributed by atoms with Crippen molar-refractivity contribution in [2.75, 3.05) is 0 Å². The van der Waals surface area contributed by atoms with E-state index in [0.29, 0.717) is 23.5 Å². The SMILES string of the molecule is O=C(NCc1ccccc1)/C(=C/c1ccc(OC(F)F)cc1)c1nc2ccccc2[nH]1. The van der Waals surface area contributed by atoms with E-state index in [0.717, 1.165) is 16.6 Å². The van der Waals surface area contributed by atoms with E-state index in [1.54, 1.807) is 18.2 Å². The van der Waals surface area contributed by atoms with E-state index >= 15 is 0 Å². The number of rotatable bonds is 7. The molecule has 0 aliphatic heterocycles. The summed E-state index contributed by atoms with van der Waals surface area (Å²) in [7, 11) is 0. The van der Waals surface area contributed by atoms with E-state index in [9.17, 15) is 13.6 Å². The summed E-state index contributed by atoms with van der Waals surface area (Å²) >= 11 is 0. The molecule has 5 nitrogen and oxygen atoms in total. The minimum atomic E-state index is -2.89. The van der Waals surface area contributed by atoms with Crippen molar-refractivity contribution in [2.24, 2.45) is 0 Å². The van der Waals surface area contributed by atoms with E-state index in [-0.39, 0.29) is 11.7 Å². The van der Waals surface area contributed by atoms with Crippen LogP contribution in [0.15, 0.2) is 78.9 Å². The van der Waals surface area contributed by atoms with E-state index in [4.69, 9.17) is 0 Å². The Morgan fingerprint density at radius 2 is 1.71 bits per heavy atom. The quantitative estimate of drug-likeness (QED) is 0.413. The maximum Gasteiger partial charge on any atom is 0.387 e. The van der Waals surface area contributed by atoms with Gasteiger partial charge in [-0.05, 0) is 41.5 Å². The number of aromatic nitrogens is 2. The van der Waals surface area contributed by atoms with Crippen LogP contribution in [0.4, 0.5) is 8.78 Å². The fraction of sp³-hybridized carbons (Fsp3) is 0.0833. The molecule has 1 aromatic heterocycles. The molecular weight excluding hydrogens is 400 g/mol. The lowest BCUT2D eigenvalue weighted by atomic mass is 10.1. The first-order valence-electron chi connectivity index (χ1n) is 9.62. The first-order valence-corrected chi connectivity index (χ1v) is 9.62. The highest BCUT2D eigenvalue weighted by molar-refractivity contribution is 6.23. The number of para-hydroxylation sites is 2. The summed E-state index contributed by atoms with van der Waals surface area (Å²) in [5.74, 6) is 0.154. The topological polar surface area (TPSA) is 67.0 Å². The number of hydrogen-bond donors (Lipinski definition) is 2. The molecule has 156 valence electrons. The third kappa shape index (κ3) is 5.14. The summed E-state index contributed by atoms with van der Waals surface area (Å²) in [6.45, 7) is -2.53. The summed E-state index contributed by atoms with van der Waals surface area (Å²) in [6.07, 6.45) is 1.66. The molecule has 7 heteroatoms. The number of hydrogen-bond acceptors (Lipinski definition) is 3. The van der Waals surface area contributed by atoms with Gasteiger partial charge in [0.05, 0.1) is 16.6 Å². The van der Waals surface area contributed by atoms with Crippen LogP contribution in [0.25, 0.3) is 22.7 Å². The molecule has 4 aromatic rings. The molecule has 0 radical (unpaired) electrons. The summed E-state index contributed by atoms with van der Waals surface area (Å²) in [5.41, 5.74) is 3.48. The fourth-order valence-electron chi connectivity index (χ4n) is 3.11. The number of halogens is 2. The van der Waals surface area contributed by atoms with Gasteiger partial charge in [0.15, 0.2) is 0 Å². The molecule has 0 saturated carbocycles. The highest BCUT2D eigenvalue weighted by atomic mass is 19.3. The Kier molecular flexibility index (Phi) is 6.03. The van der Waals surface area contributed by atoms with Crippen molar-refractivity contribution in [1.29, 1.82) is 0 Å². The monoisotopic (exact) mass is 419 g/mol. The lowest BCUT2D eigenvalue weighted by Crippen LogP contribution is -2.24. The normalized spacial score (nSPS) is 11.6. The summed E-state index contributed by atoms with van der Waals surface area (Å²) in [5, 5.41) is 2.91. The van der Waals surface area contributed by atoms with Crippen molar-refractivity contribution in [2.45, 2.75) is 13.2 Å². The Bertz CT molecular complexity index is 1170. The van der Waals surface area contributed by atoms with Gasteiger partial charge in [0.1, 0.15) is 11.6 Å². The van der Waals surface area contributed by atoms with Crippen molar-refractivity contribution in [1.82, 2.24) is 15.3 Å². The Labute approximate surface area is 177 Å². The molecule has 0 saturated heterocycles. The van der Waals surface area contributed by atoms with Crippen LogP contribution in [0.3, 0.4) is 0 Å². The molecule has 0 atom stereocenters. The van der Waals surface area contributed by atoms with Crippen molar-refractivity contribution >= 4 is 28.6 Å². The molecule has 1 amide bonds. The molecule has 2 N–H and O–H groups in total. The predicted molar refractivity (Wildman–Crippen MR) is 115 cm³/mol. The minimum Gasteiger partial charge on any atom is -0.435 e. The average Bonchev–Trinajstić information content (AvgIpc) is 3.21. The zero-order chi connectivity index (χ0) is 21.6. The van der Waals surface area contributed by atoms with Gasteiger partial charge in [-0.15, -0.1) is 0 Å². The van der Waals surface area contributed by atoms with Crippen LogP contribution >= 0.6 is 0 Å². The highest BCUT2D eigenvalue weighted by Gasteiger charge is 2.16. The third-order valence-electron chi connectivity index (χ3n) is 4.60. The van der Waals surface area contributed by atoms with Gasteiger partial charge in [-0.3, -0.25) is 4.79 Å². The molecule has 0 unspecified atom stereocenters. The molecule has 4 rings (SSSR count). The number of amides is 1. The lowest BCUT2D eigenvalue weighted by Gasteiger charge is -2.08. The lowest BCUT2D eigenvalue weighted by molar-refractivity contribution is -0.115. The molecule has 1 heterocycles. The van der Waals surface area contributed by atoms with Gasteiger partial charge >= 0.3 is 6.61 Å². The summed E-state index contributed by atoms with van der Waals surface area (Å²) < 4.78 is 29.2. The number of fused-ring (bicyclic) bond motifs is 1. The van der Waals surface area contributed by atoms with Crippen molar-refractivity contribution < 1.29 is 18.3 Å². The average molecular weight is 419 g/mol. The summed E-state index contributed by atoms with van der Waals surface area (Å²) in [4.78, 5) is 20.7. The van der Waals surface area contributed by atoms with Crippen molar-refractivity contribution in [3.8, 4) is 5.75 Å². The van der Waals surface area contributed by atoms with Crippen LogP contribution < -0.4 is 10.1 Å². The number of aromatic amines is 1. The predicted octanol–water partition coefficient (Wildman–Crippen LogP) is 5.02. The Morgan fingerprint density at radius 1 is 1.00 bits per heavy atom.